The predicted octanol–water partition coefficient (Wildman–Crippen LogP) is 2.24. The topological polar surface area (TPSA) is 190 Å². The summed E-state index contributed by atoms with van der Waals surface area (Å²) in [5, 5.41) is 7.95. The molecule has 0 bridgehead atoms. The molecule has 43 heavy (non-hydrogen) atoms. The fraction of sp³-hybridized carbons (Fsp3) is 0.533. The summed E-state index contributed by atoms with van der Waals surface area (Å²) >= 11 is 1.28. The second-order valence-corrected chi connectivity index (χ2v) is 11.8. The van der Waals surface area contributed by atoms with Gasteiger partial charge >= 0.3 is 0 Å². The van der Waals surface area contributed by atoms with E-state index in [4.69, 9.17) is 5.73 Å². The first-order valence-corrected chi connectivity index (χ1v) is 15.4. The van der Waals surface area contributed by atoms with Crippen molar-refractivity contribution >= 4 is 62.5 Å². The van der Waals surface area contributed by atoms with Crippen LogP contribution in [0.1, 0.15) is 81.4 Å². The van der Waals surface area contributed by atoms with E-state index in [0.717, 1.165) is 4.70 Å². The molecule has 1 aromatic heterocycles. The van der Waals surface area contributed by atoms with Gasteiger partial charge in [0.1, 0.15) is 11.8 Å². The molecule has 2 aromatic rings. The van der Waals surface area contributed by atoms with Gasteiger partial charge in [-0.25, -0.2) is 4.98 Å². The maximum atomic E-state index is 13.6. The molecule has 3 rings (SSSR count). The molecule has 0 aliphatic carbocycles. The molecule has 1 saturated heterocycles. The number of fused-ring (bicyclic) bond motifs is 1. The molecule has 1 aromatic carbocycles. The number of nitrogens with one attached hydrogen (secondary N) is 3. The second kappa shape index (κ2) is 16.6. The van der Waals surface area contributed by atoms with Gasteiger partial charge in [-0.2, -0.15) is 0 Å². The van der Waals surface area contributed by atoms with Gasteiger partial charge in [0.15, 0.2) is 16.6 Å². The summed E-state index contributed by atoms with van der Waals surface area (Å²) in [6.45, 7) is 2.91. The molecule has 2 heterocycles. The van der Waals surface area contributed by atoms with Crippen LogP contribution in [0.3, 0.4) is 0 Å². The molecule has 5 N–H and O–H groups in total. The van der Waals surface area contributed by atoms with Gasteiger partial charge in [-0.3, -0.25) is 33.8 Å². The van der Waals surface area contributed by atoms with Crippen LogP contribution in [-0.4, -0.2) is 71.1 Å². The third-order valence-corrected chi connectivity index (χ3v) is 8.17. The molecule has 1 fully saturated rings. The molecule has 3 amide bonds. The highest BCUT2D eigenvalue weighted by Gasteiger charge is 2.30. The zero-order valence-electron chi connectivity index (χ0n) is 24.6. The monoisotopic (exact) mass is 612 g/mol. The smallest absolute Gasteiger partial charge is 0.243 e. The number of aromatic nitrogens is 1. The Hall–Kier alpha value is -4.00. The van der Waals surface area contributed by atoms with Crippen molar-refractivity contribution in [2.75, 3.05) is 13.1 Å². The van der Waals surface area contributed by atoms with E-state index < -0.39 is 42.3 Å². The maximum Gasteiger partial charge on any atom is 0.243 e. The normalized spacial score (nSPS) is 20.0. The van der Waals surface area contributed by atoms with Gasteiger partial charge in [-0.05, 0) is 44.7 Å². The number of nitrogens with two attached hydrogens (primary N) is 1. The van der Waals surface area contributed by atoms with E-state index in [2.05, 4.69) is 25.9 Å². The average molecular weight is 613 g/mol. The Morgan fingerprint density at radius 3 is 2.63 bits per heavy atom. The average Bonchev–Trinajstić information content (AvgIpc) is 3.39. The number of benzene rings is 1. The molecule has 1 aliphatic heterocycles. The van der Waals surface area contributed by atoms with Crippen molar-refractivity contribution in [2.45, 2.75) is 83.7 Å². The van der Waals surface area contributed by atoms with Gasteiger partial charge in [0, 0.05) is 38.6 Å². The molecule has 13 heteroatoms. The number of amidine groups is 1. The summed E-state index contributed by atoms with van der Waals surface area (Å²) in [4.78, 5) is 85.3. The first-order chi connectivity index (χ1) is 20.5. The molecule has 0 radical (unpaired) electrons. The van der Waals surface area contributed by atoms with Crippen LogP contribution >= 0.6 is 11.3 Å². The van der Waals surface area contributed by atoms with Crippen molar-refractivity contribution < 1.29 is 28.8 Å². The quantitative estimate of drug-likeness (QED) is 0.136. The van der Waals surface area contributed by atoms with Crippen molar-refractivity contribution in [1.82, 2.24) is 20.9 Å². The molecule has 232 valence electrons. The largest absolute Gasteiger partial charge is 0.388 e. The summed E-state index contributed by atoms with van der Waals surface area (Å²) in [6, 6.07) is 5.48. The summed E-state index contributed by atoms with van der Waals surface area (Å²) in [5.41, 5.74) is 6.36. The van der Waals surface area contributed by atoms with Crippen LogP contribution in [-0.2, 0) is 24.0 Å². The fourth-order valence-electron chi connectivity index (χ4n) is 4.94. The van der Waals surface area contributed by atoms with Crippen LogP contribution in [0.15, 0.2) is 29.3 Å². The van der Waals surface area contributed by atoms with Gasteiger partial charge < -0.3 is 21.7 Å². The lowest BCUT2D eigenvalue weighted by molar-refractivity contribution is -0.132. The lowest BCUT2D eigenvalue weighted by atomic mass is 9.89. The van der Waals surface area contributed by atoms with Crippen LogP contribution in [0.2, 0.25) is 0 Å². The number of ketones is 3. The first kappa shape index (κ1) is 33.5. The minimum atomic E-state index is -1.08. The second-order valence-electron chi connectivity index (χ2n) is 10.8. The molecule has 3 atom stereocenters. The van der Waals surface area contributed by atoms with E-state index in [1.54, 1.807) is 6.92 Å². The van der Waals surface area contributed by atoms with Crippen LogP contribution < -0.4 is 21.7 Å². The van der Waals surface area contributed by atoms with E-state index in [0.29, 0.717) is 61.4 Å². The number of nitrogens with zero attached hydrogens (tertiary/aromatic N) is 2. The molecular weight excluding hydrogens is 572 g/mol. The highest BCUT2D eigenvalue weighted by Crippen LogP contribution is 2.27. The van der Waals surface area contributed by atoms with Crippen molar-refractivity contribution in [1.29, 1.82) is 0 Å². The van der Waals surface area contributed by atoms with E-state index in [1.807, 2.05) is 24.3 Å². The number of thiazole rings is 1. The first-order valence-electron chi connectivity index (χ1n) is 14.6. The highest BCUT2D eigenvalue weighted by atomic mass is 32.1. The van der Waals surface area contributed by atoms with E-state index >= 15 is 0 Å². The van der Waals surface area contributed by atoms with E-state index in [-0.39, 0.29) is 36.6 Å². The van der Waals surface area contributed by atoms with Crippen LogP contribution in [0.5, 0.6) is 0 Å². The minimum absolute atomic E-state index is 0.0967. The van der Waals surface area contributed by atoms with Crippen molar-refractivity contribution in [3.63, 3.8) is 0 Å². The summed E-state index contributed by atoms with van der Waals surface area (Å²) in [6.07, 6.45) is 2.99. The Balaban J connectivity index is 1.75. The Morgan fingerprint density at radius 1 is 1.14 bits per heavy atom. The van der Waals surface area contributed by atoms with Gasteiger partial charge in [0.2, 0.25) is 17.7 Å². The Bertz CT molecular complexity index is 1330. The van der Waals surface area contributed by atoms with Gasteiger partial charge in [-0.1, -0.05) is 25.0 Å². The van der Waals surface area contributed by atoms with Gasteiger partial charge in [0.25, 0.3) is 0 Å². The molecule has 0 unspecified atom stereocenters. The maximum absolute atomic E-state index is 13.6. The Labute approximate surface area is 254 Å². The molecule has 1 aliphatic rings. The lowest BCUT2D eigenvalue weighted by Gasteiger charge is -2.22. The standard InChI is InChI=1S/C30H40N6O6S/c1-18(31)32-14-8-9-20(28(41)30-36-23-12-6-7-13-26(23)43-30)15-25(39)22-11-5-3-4-10-21(38)16-24(34-19(2)37)29(42)33-17-27(40)35-22/h6-7,12-13,20,22,24H,3-5,8-11,14-17H2,1-2H3,(H2,31,32)(H,33,42)(H,34,37)(H,35,40)/t20-,22+,24+/m1/s1. The Kier molecular flexibility index (Phi) is 12.9. The van der Waals surface area contributed by atoms with Crippen molar-refractivity contribution in [3.8, 4) is 0 Å². The van der Waals surface area contributed by atoms with E-state index in [9.17, 15) is 28.8 Å². The van der Waals surface area contributed by atoms with Crippen LogP contribution in [0, 0.1) is 5.92 Å². The lowest BCUT2D eigenvalue weighted by Crippen LogP contribution is -2.51. The number of amides is 3. The zero-order chi connectivity index (χ0) is 31.4. The summed E-state index contributed by atoms with van der Waals surface area (Å²) in [5.74, 6) is -2.64. The third-order valence-electron chi connectivity index (χ3n) is 7.12. The third kappa shape index (κ3) is 11.0. The van der Waals surface area contributed by atoms with Gasteiger partial charge in [-0.15, -0.1) is 11.3 Å². The summed E-state index contributed by atoms with van der Waals surface area (Å²) < 4.78 is 0.874. The number of para-hydroxylation sites is 1. The number of hydrogen-bond acceptors (Lipinski definition) is 9. The minimum Gasteiger partial charge on any atom is -0.388 e. The molecular formula is C30H40N6O6S. The molecule has 12 nitrogen and oxygen atoms in total. The van der Waals surface area contributed by atoms with Crippen LogP contribution in [0.25, 0.3) is 10.2 Å². The van der Waals surface area contributed by atoms with Gasteiger partial charge in [0.05, 0.1) is 28.6 Å². The number of carbonyl (C=O) groups is 6. The zero-order valence-corrected chi connectivity index (χ0v) is 25.5. The molecule has 0 spiro atoms. The Morgan fingerprint density at radius 2 is 1.91 bits per heavy atom. The number of rotatable bonds is 10. The summed E-state index contributed by atoms with van der Waals surface area (Å²) in [7, 11) is 0. The van der Waals surface area contributed by atoms with Crippen LogP contribution in [0.4, 0.5) is 0 Å². The highest BCUT2D eigenvalue weighted by molar-refractivity contribution is 7.20. The number of hydrogen-bond donors (Lipinski definition) is 4. The fourth-order valence-corrected chi connectivity index (χ4v) is 5.92. The van der Waals surface area contributed by atoms with Crippen molar-refractivity contribution in [3.05, 3.63) is 29.3 Å². The number of aliphatic imine (C=N–C) groups is 1. The SMILES string of the molecule is CC(=O)N[C@H]1CC(=O)CCCCC[C@@H](C(=O)C[C@@H](CCCN=C(C)N)C(=O)c2nc3ccccc3s2)NC(=O)CNC1=O. The van der Waals surface area contributed by atoms with Crippen molar-refractivity contribution in [2.24, 2.45) is 16.6 Å². The predicted molar refractivity (Wildman–Crippen MR) is 164 cm³/mol. The number of Topliss-reactive ketones (excluding diaryl/α,β-unsaturated/α-hetero) is 3. The van der Waals surface area contributed by atoms with E-state index in [1.165, 1.54) is 18.3 Å². The molecule has 0 saturated carbocycles. The number of carbonyl (C=O) groups excluding carboxylic acids is 6.